The third-order valence-corrected chi connectivity index (χ3v) is 7.05. The lowest BCUT2D eigenvalue weighted by Crippen LogP contribution is -2.39. The number of hydrogen-bond acceptors (Lipinski definition) is 4. The number of hydrogen-bond donors (Lipinski definition) is 2. The minimum Gasteiger partial charge on any atom is -0.481 e. The minimum absolute atomic E-state index is 0.00732. The van der Waals surface area contributed by atoms with Crippen LogP contribution in [-0.4, -0.2) is 54.7 Å². The largest absolute Gasteiger partial charge is 0.481 e. The van der Waals surface area contributed by atoms with E-state index in [9.17, 15) is 14.4 Å². The molecule has 0 saturated heterocycles. The van der Waals surface area contributed by atoms with Crippen LogP contribution in [0, 0.1) is 11.8 Å². The lowest BCUT2D eigenvalue weighted by Gasteiger charge is -2.31. The van der Waals surface area contributed by atoms with Gasteiger partial charge >= 0.3 is 12.1 Å². The van der Waals surface area contributed by atoms with Crippen LogP contribution in [0.5, 0.6) is 0 Å². The van der Waals surface area contributed by atoms with Crippen molar-refractivity contribution in [2.45, 2.75) is 38.0 Å². The smallest absolute Gasteiger partial charge is 0.407 e. The van der Waals surface area contributed by atoms with Crippen molar-refractivity contribution >= 4 is 18.0 Å². The van der Waals surface area contributed by atoms with E-state index in [1.54, 1.807) is 7.05 Å². The van der Waals surface area contributed by atoms with E-state index < -0.39 is 12.1 Å². The Morgan fingerprint density at radius 1 is 1.03 bits per heavy atom. The molecule has 2 atom stereocenters. The molecule has 1 fully saturated rings. The third-order valence-electron chi connectivity index (χ3n) is 7.05. The number of carboxylic acid groups (broad SMARTS) is 1. The molecule has 2 aliphatic carbocycles. The van der Waals surface area contributed by atoms with E-state index in [2.05, 4.69) is 29.6 Å². The zero-order chi connectivity index (χ0) is 24.1. The fourth-order valence-electron chi connectivity index (χ4n) is 5.26. The summed E-state index contributed by atoms with van der Waals surface area (Å²) >= 11 is 0. The molecular formula is C27H32N2O5. The van der Waals surface area contributed by atoms with Crippen LogP contribution in [0.15, 0.2) is 48.5 Å². The predicted molar refractivity (Wildman–Crippen MR) is 128 cm³/mol. The Morgan fingerprint density at radius 2 is 1.68 bits per heavy atom. The molecule has 2 aromatic carbocycles. The number of carbonyl (C=O) groups excluding carboxylic acids is 2. The highest BCUT2D eigenvalue weighted by molar-refractivity contribution is 5.80. The molecule has 0 bridgehead atoms. The summed E-state index contributed by atoms with van der Waals surface area (Å²) in [7, 11) is 1.66. The summed E-state index contributed by atoms with van der Waals surface area (Å²) in [6.07, 6.45) is 2.88. The topological polar surface area (TPSA) is 95.9 Å². The highest BCUT2D eigenvalue weighted by atomic mass is 16.5. The predicted octanol–water partition coefficient (Wildman–Crippen LogP) is 4.26. The summed E-state index contributed by atoms with van der Waals surface area (Å²) in [6.45, 7) is 0.965. The Labute approximate surface area is 200 Å². The molecule has 4 rings (SSSR count). The quantitative estimate of drug-likeness (QED) is 0.608. The fourth-order valence-corrected chi connectivity index (χ4v) is 5.26. The Bertz CT molecular complexity index is 1010. The van der Waals surface area contributed by atoms with Gasteiger partial charge in [-0.2, -0.15) is 0 Å². The minimum atomic E-state index is -0.909. The van der Waals surface area contributed by atoms with Crippen LogP contribution in [-0.2, 0) is 14.3 Å². The summed E-state index contributed by atoms with van der Waals surface area (Å²) in [4.78, 5) is 37.4. The van der Waals surface area contributed by atoms with Crippen LogP contribution in [0.2, 0.25) is 0 Å². The maximum atomic E-state index is 12.7. The van der Waals surface area contributed by atoms with Gasteiger partial charge in [-0.15, -0.1) is 0 Å². The number of alkyl carbamates (subject to hydrolysis) is 1. The molecule has 0 aliphatic heterocycles. The van der Waals surface area contributed by atoms with Gasteiger partial charge in [0.25, 0.3) is 0 Å². The second kappa shape index (κ2) is 10.7. The number of ether oxygens (including phenoxy) is 1. The fraction of sp³-hybridized carbons (Fsp3) is 0.444. The molecule has 0 radical (unpaired) electrons. The van der Waals surface area contributed by atoms with E-state index in [-0.39, 0.29) is 43.2 Å². The standard InChI is InChI=1S/C27H32N2O5/c1-29(14-13-25(30)31)26(32)19-8-6-7-18(15-19)16-28-27(33)34-17-24-22-11-4-2-9-20(22)21-10-3-5-12-23(21)24/h2-5,9-12,18-19,24H,6-8,13-17H2,1H3,(H,28,33)(H,30,31). The van der Waals surface area contributed by atoms with Gasteiger partial charge in [-0.1, -0.05) is 55.0 Å². The number of amides is 2. The first-order valence-electron chi connectivity index (χ1n) is 12.0. The lowest BCUT2D eigenvalue weighted by molar-refractivity contribution is -0.139. The Balaban J connectivity index is 1.26. The van der Waals surface area contributed by atoms with E-state index >= 15 is 0 Å². The second-order valence-electron chi connectivity index (χ2n) is 9.34. The van der Waals surface area contributed by atoms with Gasteiger partial charge in [-0.05, 0) is 47.4 Å². The van der Waals surface area contributed by atoms with Gasteiger partial charge in [0.15, 0.2) is 0 Å². The molecular weight excluding hydrogens is 432 g/mol. The van der Waals surface area contributed by atoms with Gasteiger partial charge in [-0.3, -0.25) is 9.59 Å². The molecule has 0 spiro atoms. The Hall–Kier alpha value is -3.35. The van der Waals surface area contributed by atoms with Crippen molar-refractivity contribution in [3.63, 3.8) is 0 Å². The first-order chi connectivity index (χ1) is 16.4. The monoisotopic (exact) mass is 464 g/mol. The molecule has 2 unspecified atom stereocenters. The second-order valence-corrected chi connectivity index (χ2v) is 9.34. The zero-order valence-electron chi connectivity index (χ0n) is 19.5. The molecule has 7 nitrogen and oxygen atoms in total. The molecule has 34 heavy (non-hydrogen) atoms. The average molecular weight is 465 g/mol. The van der Waals surface area contributed by atoms with Crippen molar-refractivity contribution in [2.75, 3.05) is 26.7 Å². The highest BCUT2D eigenvalue weighted by Gasteiger charge is 2.31. The van der Waals surface area contributed by atoms with Gasteiger partial charge in [0, 0.05) is 32.0 Å². The third kappa shape index (κ3) is 5.41. The van der Waals surface area contributed by atoms with E-state index in [1.807, 2.05) is 24.3 Å². The summed E-state index contributed by atoms with van der Waals surface area (Å²) in [5.74, 6) is -0.811. The number of benzene rings is 2. The van der Waals surface area contributed by atoms with Crippen molar-refractivity contribution in [3.05, 3.63) is 59.7 Å². The number of rotatable bonds is 8. The van der Waals surface area contributed by atoms with Crippen molar-refractivity contribution < 1.29 is 24.2 Å². The van der Waals surface area contributed by atoms with E-state index in [0.717, 1.165) is 19.3 Å². The molecule has 180 valence electrons. The summed E-state index contributed by atoms with van der Waals surface area (Å²) in [5, 5.41) is 11.7. The first-order valence-corrected chi connectivity index (χ1v) is 12.0. The van der Waals surface area contributed by atoms with Crippen LogP contribution >= 0.6 is 0 Å². The van der Waals surface area contributed by atoms with Crippen LogP contribution in [0.4, 0.5) is 4.79 Å². The molecule has 7 heteroatoms. The van der Waals surface area contributed by atoms with Crippen molar-refractivity contribution in [3.8, 4) is 11.1 Å². The van der Waals surface area contributed by atoms with Gasteiger partial charge in [0.05, 0.1) is 6.42 Å². The van der Waals surface area contributed by atoms with Gasteiger partial charge in [0.2, 0.25) is 5.91 Å². The SMILES string of the molecule is CN(CCC(=O)O)C(=O)C1CCCC(CNC(=O)OCC2c3ccccc3-c3ccccc32)C1. The number of fused-ring (bicyclic) bond motifs is 3. The normalized spacial score (nSPS) is 19.1. The molecule has 2 aliphatic rings. The molecule has 2 N–H and O–H groups in total. The van der Waals surface area contributed by atoms with Crippen LogP contribution in [0.1, 0.15) is 49.1 Å². The number of carboxylic acids is 1. The summed E-state index contributed by atoms with van der Waals surface area (Å²) < 4.78 is 5.62. The average Bonchev–Trinajstić information content (AvgIpc) is 3.18. The molecule has 2 amide bonds. The highest BCUT2D eigenvalue weighted by Crippen LogP contribution is 2.44. The summed E-state index contributed by atoms with van der Waals surface area (Å²) in [6, 6.07) is 16.5. The van der Waals surface area contributed by atoms with E-state index in [0.29, 0.717) is 13.0 Å². The Morgan fingerprint density at radius 3 is 2.32 bits per heavy atom. The Kier molecular flexibility index (Phi) is 7.50. The molecule has 0 heterocycles. The molecule has 1 saturated carbocycles. The van der Waals surface area contributed by atoms with Gasteiger partial charge in [-0.25, -0.2) is 4.79 Å². The van der Waals surface area contributed by atoms with Crippen LogP contribution in [0.3, 0.4) is 0 Å². The number of nitrogens with zero attached hydrogens (tertiary/aromatic N) is 1. The van der Waals surface area contributed by atoms with Crippen molar-refractivity contribution in [1.82, 2.24) is 10.2 Å². The van der Waals surface area contributed by atoms with E-state index in [4.69, 9.17) is 9.84 Å². The van der Waals surface area contributed by atoms with E-state index in [1.165, 1.54) is 27.2 Å². The number of nitrogens with one attached hydrogen (secondary N) is 1. The van der Waals surface area contributed by atoms with Crippen molar-refractivity contribution in [2.24, 2.45) is 11.8 Å². The van der Waals surface area contributed by atoms with Gasteiger partial charge < -0.3 is 20.1 Å². The lowest BCUT2D eigenvalue weighted by atomic mass is 9.80. The maximum absolute atomic E-state index is 12.7. The first kappa shape index (κ1) is 23.8. The van der Waals surface area contributed by atoms with Crippen molar-refractivity contribution in [1.29, 1.82) is 0 Å². The number of aliphatic carboxylic acids is 1. The van der Waals surface area contributed by atoms with Crippen LogP contribution in [0.25, 0.3) is 11.1 Å². The molecule has 2 aromatic rings. The zero-order valence-corrected chi connectivity index (χ0v) is 19.5. The van der Waals surface area contributed by atoms with Crippen LogP contribution < -0.4 is 5.32 Å². The summed E-state index contributed by atoms with van der Waals surface area (Å²) in [5.41, 5.74) is 4.74. The number of carbonyl (C=O) groups is 3. The molecule has 0 aromatic heterocycles. The maximum Gasteiger partial charge on any atom is 0.407 e. The van der Waals surface area contributed by atoms with Gasteiger partial charge in [0.1, 0.15) is 6.61 Å².